The maximum atomic E-state index is 12.1. The third-order valence-corrected chi connectivity index (χ3v) is 4.16. The van der Waals surface area contributed by atoms with Crippen molar-refractivity contribution in [1.29, 1.82) is 0 Å². The summed E-state index contributed by atoms with van der Waals surface area (Å²) in [5.41, 5.74) is 0. The van der Waals surface area contributed by atoms with E-state index in [1.165, 1.54) is 0 Å². The van der Waals surface area contributed by atoms with Crippen molar-refractivity contribution in [2.24, 2.45) is 17.8 Å². The number of likely N-dealkylation sites (tertiary alicyclic amines) is 1. The first-order valence-electron chi connectivity index (χ1n) is 8.06. The van der Waals surface area contributed by atoms with Gasteiger partial charge in [0.25, 0.3) is 0 Å². The Bertz CT molecular complexity index is 292. The predicted octanol–water partition coefficient (Wildman–Crippen LogP) is 1.88. The van der Waals surface area contributed by atoms with Crippen molar-refractivity contribution in [2.45, 2.75) is 53.1 Å². The van der Waals surface area contributed by atoms with Gasteiger partial charge in [0.1, 0.15) is 0 Å². The lowest BCUT2D eigenvalue weighted by atomic mass is 9.89. The van der Waals surface area contributed by atoms with Gasteiger partial charge in [-0.25, -0.2) is 0 Å². The van der Waals surface area contributed by atoms with Crippen LogP contribution in [-0.2, 0) is 4.79 Å². The van der Waals surface area contributed by atoms with E-state index in [-0.39, 0.29) is 5.91 Å². The Kier molecular flexibility index (Phi) is 7.52. The highest BCUT2D eigenvalue weighted by Crippen LogP contribution is 2.25. The molecule has 2 N–H and O–H groups in total. The third-order valence-electron chi connectivity index (χ3n) is 4.16. The SMILES string of the molecule is CC(C)CNCC(O)CN1CCC(C(C)C)CCC1=O. The van der Waals surface area contributed by atoms with Crippen molar-refractivity contribution in [1.82, 2.24) is 10.2 Å². The molecule has 1 aliphatic rings. The number of amides is 1. The molecule has 1 rings (SSSR count). The Morgan fingerprint density at radius 3 is 2.55 bits per heavy atom. The zero-order valence-electron chi connectivity index (χ0n) is 13.6. The largest absolute Gasteiger partial charge is 0.390 e. The monoisotopic (exact) mass is 284 g/mol. The van der Waals surface area contributed by atoms with Crippen LogP contribution < -0.4 is 5.32 Å². The second-order valence-corrected chi connectivity index (χ2v) is 6.88. The molecule has 4 heteroatoms. The normalized spacial score (nSPS) is 22.4. The van der Waals surface area contributed by atoms with Crippen LogP contribution in [0, 0.1) is 17.8 Å². The molecule has 2 unspecified atom stereocenters. The minimum absolute atomic E-state index is 0.205. The zero-order chi connectivity index (χ0) is 15.1. The summed E-state index contributed by atoms with van der Waals surface area (Å²) < 4.78 is 0. The number of nitrogens with zero attached hydrogens (tertiary/aromatic N) is 1. The van der Waals surface area contributed by atoms with Crippen LogP contribution in [0.15, 0.2) is 0 Å². The Labute approximate surface area is 123 Å². The van der Waals surface area contributed by atoms with Crippen LogP contribution in [0.25, 0.3) is 0 Å². The lowest BCUT2D eigenvalue weighted by Crippen LogP contribution is -2.41. The van der Waals surface area contributed by atoms with E-state index < -0.39 is 6.10 Å². The molecule has 0 aliphatic carbocycles. The number of hydrogen-bond donors (Lipinski definition) is 2. The van der Waals surface area contributed by atoms with Crippen molar-refractivity contribution in [3.8, 4) is 0 Å². The molecule has 4 nitrogen and oxygen atoms in total. The number of β-amino-alcohol motifs (C(OH)–C–C–N with tert-alkyl or cyclic N) is 1. The first-order chi connectivity index (χ1) is 9.40. The summed E-state index contributed by atoms with van der Waals surface area (Å²) in [5, 5.41) is 13.3. The van der Waals surface area contributed by atoms with Crippen LogP contribution in [0.3, 0.4) is 0 Å². The first-order valence-corrected chi connectivity index (χ1v) is 8.06. The van der Waals surface area contributed by atoms with Crippen LogP contribution in [0.1, 0.15) is 47.0 Å². The lowest BCUT2D eigenvalue weighted by molar-refractivity contribution is -0.132. The lowest BCUT2D eigenvalue weighted by Gasteiger charge is -2.24. The quantitative estimate of drug-likeness (QED) is 0.750. The van der Waals surface area contributed by atoms with Gasteiger partial charge in [0.15, 0.2) is 0 Å². The van der Waals surface area contributed by atoms with Crippen molar-refractivity contribution >= 4 is 5.91 Å². The van der Waals surface area contributed by atoms with Gasteiger partial charge in [0.05, 0.1) is 6.10 Å². The van der Waals surface area contributed by atoms with Gasteiger partial charge in [-0.2, -0.15) is 0 Å². The molecule has 0 saturated carbocycles. The predicted molar refractivity (Wildman–Crippen MR) is 82.5 cm³/mol. The van der Waals surface area contributed by atoms with Gasteiger partial charge in [-0.15, -0.1) is 0 Å². The standard InChI is InChI=1S/C16H32N2O2/c1-12(2)9-17-10-15(19)11-18-8-7-14(13(3)4)5-6-16(18)20/h12-15,17,19H,5-11H2,1-4H3. The fourth-order valence-electron chi connectivity index (χ4n) is 2.78. The first kappa shape index (κ1) is 17.4. The highest BCUT2D eigenvalue weighted by atomic mass is 16.3. The molecule has 20 heavy (non-hydrogen) atoms. The molecule has 0 radical (unpaired) electrons. The van der Waals surface area contributed by atoms with E-state index in [4.69, 9.17) is 0 Å². The van der Waals surface area contributed by atoms with Crippen molar-refractivity contribution in [3.05, 3.63) is 0 Å². The van der Waals surface area contributed by atoms with E-state index in [2.05, 4.69) is 33.0 Å². The van der Waals surface area contributed by atoms with Gasteiger partial charge < -0.3 is 15.3 Å². The van der Waals surface area contributed by atoms with E-state index in [0.29, 0.717) is 37.3 Å². The average Bonchev–Trinajstić information content (AvgIpc) is 2.52. The minimum atomic E-state index is -0.465. The second kappa shape index (κ2) is 8.63. The topological polar surface area (TPSA) is 52.6 Å². The van der Waals surface area contributed by atoms with Gasteiger partial charge in [-0.3, -0.25) is 4.79 Å². The molecule has 0 spiro atoms. The summed E-state index contributed by atoms with van der Waals surface area (Å²) in [4.78, 5) is 13.9. The Morgan fingerprint density at radius 1 is 1.25 bits per heavy atom. The summed E-state index contributed by atoms with van der Waals surface area (Å²) in [7, 11) is 0. The highest BCUT2D eigenvalue weighted by Gasteiger charge is 2.25. The molecule has 1 saturated heterocycles. The van der Waals surface area contributed by atoms with Gasteiger partial charge in [-0.1, -0.05) is 27.7 Å². The van der Waals surface area contributed by atoms with E-state index in [9.17, 15) is 9.90 Å². The number of nitrogens with one attached hydrogen (secondary N) is 1. The number of carbonyl (C=O) groups is 1. The third kappa shape index (κ3) is 6.23. The summed E-state index contributed by atoms with van der Waals surface area (Å²) >= 11 is 0. The molecule has 1 heterocycles. The van der Waals surface area contributed by atoms with Crippen LogP contribution in [0.2, 0.25) is 0 Å². The Hall–Kier alpha value is -0.610. The summed E-state index contributed by atoms with van der Waals surface area (Å²) in [6.07, 6.45) is 2.23. The average molecular weight is 284 g/mol. The fourth-order valence-corrected chi connectivity index (χ4v) is 2.78. The minimum Gasteiger partial charge on any atom is -0.390 e. The highest BCUT2D eigenvalue weighted by molar-refractivity contribution is 5.76. The van der Waals surface area contributed by atoms with Gasteiger partial charge in [0, 0.05) is 26.1 Å². The maximum Gasteiger partial charge on any atom is 0.222 e. The summed E-state index contributed by atoms with van der Waals surface area (Å²) in [6, 6.07) is 0. The van der Waals surface area contributed by atoms with E-state index in [1.807, 2.05) is 4.90 Å². The second-order valence-electron chi connectivity index (χ2n) is 6.88. The van der Waals surface area contributed by atoms with E-state index in [1.54, 1.807) is 0 Å². The van der Waals surface area contributed by atoms with Gasteiger partial charge in [0.2, 0.25) is 5.91 Å². The van der Waals surface area contributed by atoms with Crippen molar-refractivity contribution in [3.63, 3.8) is 0 Å². The molecule has 1 fully saturated rings. The number of carbonyl (C=O) groups excluding carboxylic acids is 1. The number of rotatable bonds is 7. The number of aliphatic hydroxyl groups is 1. The molecule has 1 aliphatic heterocycles. The zero-order valence-corrected chi connectivity index (χ0v) is 13.6. The van der Waals surface area contributed by atoms with Gasteiger partial charge in [-0.05, 0) is 37.1 Å². The van der Waals surface area contributed by atoms with Crippen molar-refractivity contribution < 1.29 is 9.90 Å². The molecule has 2 atom stereocenters. The summed E-state index contributed by atoms with van der Waals surface area (Å²) in [5.74, 6) is 2.06. The van der Waals surface area contributed by atoms with Crippen molar-refractivity contribution in [2.75, 3.05) is 26.2 Å². The van der Waals surface area contributed by atoms with Crippen LogP contribution in [0.4, 0.5) is 0 Å². The smallest absolute Gasteiger partial charge is 0.222 e. The molecular formula is C16H32N2O2. The molecule has 0 aromatic heterocycles. The maximum absolute atomic E-state index is 12.1. The van der Waals surface area contributed by atoms with Crippen LogP contribution >= 0.6 is 0 Å². The molecular weight excluding hydrogens is 252 g/mol. The van der Waals surface area contributed by atoms with E-state index >= 15 is 0 Å². The summed E-state index contributed by atoms with van der Waals surface area (Å²) in [6.45, 7) is 11.5. The fraction of sp³-hybridized carbons (Fsp3) is 0.938. The van der Waals surface area contributed by atoms with Crippen LogP contribution in [-0.4, -0.2) is 48.2 Å². The molecule has 0 aromatic rings. The molecule has 0 bridgehead atoms. The van der Waals surface area contributed by atoms with Gasteiger partial charge >= 0.3 is 0 Å². The van der Waals surface area contributed by atoms with E-state index in [0.717, 1.165) is 25.9 Å². The molecule has 1 amide bonds. The molecule has 118 valence electrons. The van der Waals surface area contributed by atoms with Crippen LogP contribution in [0.5, 0.6) is 0 Å². The molecule has 0 aromatic carbocycles. The Morgan fingerprint density at radius 2 is 1.95 bits per heavy atom. The number of aliphatic hydroxyl groups excluding tert-OH is 1. The Balaban J connectivity index is 2.36. The number of hydrogen-bond acceptors (Lipinski definition) is 3.